The Morgan fingerprint density at radius 1 is 1.37 bits per heavy atom. The second kappa shape index (κ2) is 5.75. The fraction of sp³-hybridized carbons (Fsp3) is 0.417. The van der Waals surface area contributed by atoms with Crippen LogP contribution in [0.25, 0.3) is 0 Å². The van der Waals surface area contributed by atoms with Gasteiger partial charge in [0.25, 0.3) is 11.6 Å². The summed E-state index contributed by atoms with van der Waals surface area (Å²) in [6, 6.07) is 3.38. The smallest absolute Gasteiger partial charge is 0.273 e. The second-order valence-electron chi connectivity index (χ2n) is 4.44. The summed E-state index contributed by atoms with van der Waals surface area (Å²) in [7, 11) is 0. The normalized spacial score (nSPS) is 14.2. The molecule has 19 heavy (non-hydrogen) atoms. The molecular formula is C12H14FN3O3. The Kier molecular flexibility index (Phi) is 4.06. The van der Waals surface area contributed by atoms with Gasteiger partial charge in [-0.1, -0.05) is 0 Å². The number of non-ortho nitro benzene ring substituents is 1. The number of halogens is 1. The van der Waals surface area contributed by atoms with Crippen molar-refractivity contribution in [3.05, 3.63) is 39.7 Å². The van der Waals surface area contributed by atoms with Gasteiger partial charge in [0.2, 0.25) is 0 Å². The molecule has 0 atom stereocenters. The summed E-state index contributed by atoms with van der Waals surface area (Å²) in [5.74, 6) is -1.31. The average Bonchev–Trinajstić information content (AvgIpc) is 3.17. The number of nitro groups is 1. The number of rotatable bonds is 6. The molecule has 0 aliphatic heterocycles. The molecule has 0 bridgehead atoms. The van der Waals surface area contributed by atoms with Crippen LogP contribution in [0, 0.1) is 15.9 Å². The fourth-order valence-electron chi connectivity index (χ4n) is 1.65. The largest absolute Gasteiger partial charge is 0.351 e. The molecule has 1 saturated carbocycles. The SMILES string of the molecule is O=C(NCCNC1CC1)c1cc(F)cc([N+](=O)[O-])c1. The van der Waals surface area contributed by atoms with E-state index in [2.05, 4.69) is 10.6 Å². The molecule has 0 radical (unpaired) electrons. The van der Waals surface area contributed by atoms with Gasteiger partial charge in [-0.15, -0.1) is 0 Å². The molecule has 1 aromatic carbocycles. The maximum absolute atomic E-state index is 13.2. The third-order valence-corrected chi connectivity index (χ3v) is 2.78. The van der Waals surface area contributed by atoms with Gasteiger partial charge in [-0.2, -0.15) is 0 Å². The molecule has 1 aliphatic rings. The predicted molar refractivity (Wildman–Crippen MR) is 66.4 cm³/mol. The summed E-state index contributed by atoms with van der Waals surface area (Å²) in [5, 5.41) is 16.4. The summed E-state index contributed by atoms with van der Waals surface area (Å²) in [4.78, 5) is 21.5. The van der Waals surface area contributed by atoms with Gasteiger partial charge < -0.3 is 10.6 Å². The minimum absolute atomic E-state index is 0.0434. The summed E-state index contributed by atoms with van der Waals surface area (Å²) >= 11 is 0. The first-order valence-corrected chi connectivity index (χ1v) is 6.03. The van der Waals surface area contributed by atoms with E-state index in [1.54, 1.807) is 0 Å². The van der Waals surface area contributed by atoms with E-state index >= 15 is 0 Å². The lowest BCUT2D eigenvalue weighted by Gasteiger charge is -2.06. The van der Waals surface area contributed by atoms with Crippen LogP contribution in [0.5, 0.6) is 0 Å². The number of hydrogen-bond acceptors (Lipinski definition) is 4. The van der Waals surface area contributed by atoms with Gasteiger partial charge in [0.15, 0.2) is 0 Å². The standard InChI is InChI=1S/C12H14FN3O3/c13-9-5-8(6-11(7-9)16(18)19)12(17)15-4-3-14-10-1-2-10/h5-7,10,14H,1-4H2,(H,15,17). The van der Waals surface area contributed by atoms with E-state index in [0.717, 1.165) is 31.0 Å². The second-order valence-corrected chi connectivity index (χ2v) is 4.44. The van der Waals surface area contributed by atoms with Crippen LogP contribution in [0.1, 0.15) is 23.2 Å². The van der Waals surface area contributed by atoms with Crippen LogP contribution in [0.3, 0.4) is 0 Å². The number of carbonyl (C=O) groups excluding carboxylic acids is 1. The highest BCUT2D eigenvalue weighted by molar-refractivity contribution is 5.94. The molecular weight excluding hydrogens is 253 g/mol. The van der Waals surface area contributed by atoms with Crippen LogP contribution < -0.4 is 10.6 Å². The topological polar surface area (TPSA) is 84.3 Å². The van der Waals surface area contributed by atoms with Crippen molar-refractivity contribution in [2.75, 3.05) is 13.1 Å². The first-order valence-electron chi connectivity index (χ1n) is 6.03. The van der Waals surface area contributed by atoms with Gasteiger partial charge in [0, 0.05) is 30.8 Å². The van der Waals surface area contributed by atoms with Crippen molar-refractivity contribution in [2.24, 2.45) is 0 Å². The van der Waals surface area contributed by atoms with E-state index in [0.29, 0.717) is 19.1 Å². The van der Waals surface area contributed by atoms with Gasteiger partial charge in [0.05, 0.1) is 11.0 Å². The van der Waals surface area contributed by atoms with Crippen LogP contribution in [0.4, 0.5) is 10.1 Å². The Hall–Kier alpha value is -2.02. The van der Waals surface area contributed by atoms with Crippen molar-refractivity contribution >= 4 is 11.6 Å². The van der Waals surface area contributed by atoms with E-state index < -0.39 is 22.3 Å². The molecule has 2 N–H and O–H groups in total. The molecule has 1 aliphatic carbocycles. The zero-order valence-corrected chi connectivity index (χ0v) is 10.2. The van der Waals surface area contributed by atoms with Crippen LogP contribution >= 0.6 is 0 Å². The number of carbonyl (C=O) groups is 1. The van der Waals surface area contributed by atoms with Crippen molar-refractivity contribution in [3.63, 3.8) is 0 Å². The number of benzene rings is 1. The molecule has 2 rings (SSSR count). The quantitative estimate of drug-likeness (QED) is 0.461. The predicted octanol–water partition coefficient (Wildman–Crippen LogP) is 1.22. The molecule has 1 fully saturated rings. The minimum atomic E-state index is -0.796. The van der Waals surface area contributed by atoms with Crippen molar-refractivity contribution in [1.82, 2.24) is 10.6 Å². The molecule has 1 aromatic rings. The van der Waals surface area contributed by atoms with E-state index in [-0.39, 0.29) is 5.56 Å². The highest BCUT2D eigenvalue weighted by Crippen LogP contribution is 2.18. The van der Waals surface area contributed by atoms with Gasteiger partial charge in [-0.25, -0.2) is 4.39 Å². The molecule has 6 nitrogen and oxygen atoms in total. The average molecular weight is 267 g/mol. The van der Waals surface area contributed by atoms with Crippen molar-refractivity contribution < 1.29 is 14.1 Å². The lowest BCUT2D eigenvalue weighted by molar-refractivity contribution is -0.385. The number of hydrogen-bond donors (Lipinski definition) is 2. The van der Waals surface area contributed by atoms with E-state index in [1.807, 2.05) is 0 Å². The molecule has 102 valence electrons. The molecule has 7 heteroatoms. The lowest BCUT2D eigenvalue weighted by Crippen LogP contribution is -2.32. The van der Waals surface area contributed by atoms with E-state index in [1.165, 1.54) is 0 Å². The molecule has 1 amide bonds. The summed E-state index contributed by atoms with van der Waals surface area (Å²) in [6.45, 7) is 1.04. The Bertz CT molecular complexity index is 503. The molecule has 0 spiro atoms. The van der Waals surface area contributed by atoms with Crippen LogP contribution in [-0.2, 0) is 0 Å². The fourth-order valence-corrected chi connectivity index (χ4v) is 1.65. The lowest BCUT2D eigenvalue weighted by atomic mass is 10.2. The first kappa shape index (κ1) is 13.4. The van der Waals surface area contributed by atoms with Crippen LogP contribution in [0.15, 0.2) is 18.2 Å². The Balaban J connectivity index is 1.91. The third kappa shape index (κ3) is 3.99. The molecule has 0 aromatic heterocycles. The van der Waals surface area contributed by atoms with Gasteiger partial charge in [0.1, 0.15) is 5.82 Å². The summed E-state index contributed by atoms with van der Waals surface area (Å²) in [5.41, 5.74) is -0.473. The number of nitrogens with one attached hydrogen (secondary N) is 2. The van der Waals surface area contributed by atoms with E-state index in [9.17, 15) is 19.3 Å². The highest BCUT2D eigenvalue weighted by atomic mass is 19.1. The molecule has 0 unspecified atom stereocenters. The van der Waals surface area contributed by atoms with Crippen molar-refractivity contribution in [1.29, 1.82) is 0 Å². The zero-order chi connectivity index (χ0) is 13.8. The maximum atomic E-state index is 13.2. The molecule has 0 heterocycles. The summed E-state index contributed by atoms with van der Waals surface area (Å²) in [6.07, 6.45) is 2.31. The first-order chi connectivity index (χ1) is 9.06. The zero-order valence-electron chi connectivity index (χ0n) is 10.2. The number of amides is 1. The molecule has 0 saturated heterocycles. The Morgan fingerprint density at radius 2 is 2.11 bits per heavy atom. The van der Waals surface area contributed by atoms with Gasteiger partial charge in [-0.05, 0) is 18.9 Å². The van der Waals surface area contributed by atoms with Gasteiger partial charge in [-0.3, -0.25) is 14.9 Å². The highest BCUT2D eigenvalue weighted by Gasteiger charge is 2.20. The number of nitrogens with zero attached hydrogens (tertiary/aromatic N) is 1. The minimum Gasteiger partial charge on any atom is -0.351 e. The number of nitro benzene ring substituents is 1. The van der Waals surface area contributed by atoms with Crippen LogP contribution in [0.2, 0.25) is 0 Å². The third-order valence-electron chi connectivity index (χ3n) is 2.78. The van der Waals surface area contributed by atoms with E-state index in [4.69, 9.17) is 0 Å². The maximum Gasteiger partial charge on any atom is 0.273 e. The Labute approximate surface area is 109 Å². The van der Waals surface area contributed by atoms with Crippen molar-refractivity contribution in [2.45, 2.75) is 18.9 Å². The van der Waals surface area contributed by atoms with Crippen LogP contribution in [-0.4, -0.2) is 30.0 Å². The monoisotopic (exact) mass is 267 g/mol. The van der Waals surface area contributed by atoms with Crippen molar-refractivity contribution in [3.8, 4) is 0 Å². The Morgan fingerprint density at radius 3 is 2.74 bits per heavy atom. The van der Waals surface area contributed by atoms with Gasteiger partial charge >= 0.3 is 0 Å². The summed E-state index contributed by atoms with van der Waals surface area (Å²) < 4.78 is 13.2.